The highest BCUT2D eigenvalue weighted by Gasteiger charge is 2.47. The number of hydrogen-bond donors (Lipinski definition) is 3. The van der Waals surface area contributed by atoms with E-state index in [2.05, 4.69) is 27.3 Å². The molecule has 172 valence electrons. The summed E-state index contributed by atoms with van der Waals surface area (Å²) in [5.74, 6) is 0.516. The van der Waals surface area contributed by atoms with E-state index in [1.807, 2.05) is 6.92 Å². The molecule has 2 aromatic rings. The van der Waals surface area contributed by atoms with Gasteiger partial charge in [-0.2, -0.15) is 4.98 Å². The van der Waals surface area contributed by atoms with Gasteiger partial charge in [0.1, 0.15) is 6.10 Å². The summed E-state index contributed by atoms with van der Waals surface area (Å²) in [4.78, 5) is 8.66. The van der Waals surface area contributed by atoms with E-state index in [0.29, 0.717) is 16.8 Å². The van der Waals surface area contributed by atoms with Crippen LogP contribution in [0.15, 0.2) is 6.20 Å². The van der Waals surface area contributed by atoms with Gasteiger partial charge in [0, 0.05) is 0 Å². The number of rotatable bonds is 10. The topological polar surface area (TPSA) is 111 Å². The zero-order valence-electron chi connectivity index (χ0n) is 19.0. The van der Waals surface area contributed by atoms with Crippen LogP contribution in [0.25, 0.3) is 5.65 Å². The van der Waals surface area contributed by atoms with Gasteiger partial charge in [-0.25, -0.2) is 9.50 Å². The molecule has 1 saturated heterocycles. The van der Waals surface area contributed by atoms with Crippen molar-refractivity contribution in [1.82, 2.24) is 24.9 Å². The number of nitrogens with one attached hydrogen (secondary N) is 1. The maximum atomic E-state index is 11.1. The van der Waals surface area contributed by atoms with Crippen LogP contribution in [0.3, 0.4) is 0 Å². The van der Waals surface area contributed by atoms with Gasteiger partial charge in [-0.3, -0.25) is 0 Å². The van der Waals surface area contributed by atoms with E-state index in [4.69, 9.17) is 10.5 Å². The predicted molar refractivity (Wildman–Crippen MR) is 121 cm³/mol. The molecule has 2 fully saturated rings. The summed E-state index contributed by atoms with van der Waals surface area (Å²) in [6.45, 7) is 6.43. The van der Waals surface area contributed by atoms with E-state index in [-0.39, 0.29) is 23.9 Å². The van der Waals surface area contributed by atoms with E-state index < -0.39 is 6.10 Å². The number of unbranched alkanes of at least 4 members (excludes halogenated alkanes) is 4. The molecule has 0 radical (unpaired) electrons. The number of piperidine rings is 1. The zero-order chi connectivity index (χ0) is 21.8. The second kappa shape index (κ2) is 9.69. The number of aliphatic hydroxyl groups is 1. The third-order valence-corrected chi connectivity index (χ3v) is 7.22. The molecule has 1 unspecified atom stereocenters. The van der Waals surface area contributed by atoms with E-state index >= 15 is 0 Å². The van der Waals surface area contributed by atoms with Crippen LogP contribution in [0.1, 0.15) is 89.9 Å². The van der Waals surface area contributed by atoms with Gasteiger partial charge in [-0.05, 0) is 69.9 Å². The molecule has 8 heteroatoms. The summed E-state index contributed by atoms with van der Waals surface area (Å²) in [6.07, 6.45) is 12.7. The summed E-state index contributed by atoms with van der Waals surface area (Å²) in [5, 5.41) is 19.0. The normalized spacial score (nSPS) is 20.6. The molecule has 1 aliphatic carbocycles. The Morgan fingerprint density at radius 3 is 2.74 bits per heavy atom. The molecule has 4 N–H and O–H groups in total. The fourth-order valence-electron chi connectivity index (χ4n) is 5.31. The first kappa shape index (κ1) is 22.3. The number of ether oxygens (including phenoxy) is 1. The Morgan fingerprint density at radius 1 is 1.26 bits per heavy atom. The number of anilines is 1. The largest absolute Gasteiger partial charge is 0.459 e. The third kappa shape index (κ3) is 4.95. The summed E-state index contributed by atoms with van der Waals surface area (Å²) in [5.41, 5.74) is 7.69. The molecule has 4 rings (SSSR count). The highest BCUT2D eigenvalue weighted by atomic mass is 16.5. The minimum Gasteiger partial charge on any atom is -0.459 e. The predicted octanol–water partition coefficient (Wildman–Crippen LogP) is 3.65. The van der Waals surface area contributed by atoms with Crippen LogP contribution in [0, 0.1) is 11.3 Å². The molecule has 3 heterocycles. The molecule has 0 aromatic carbocycles. The van der Waals surface area contributed by atoms with Crippen LogP contribution in [0.2, 0.25) is 0 Å². The van der Waals surface area contributed by atoms with Crippen LogP contribution in [0.4, 0.5) is 5.82 Å². The summed E-state index contributed by atoms with van der Waals surface area (Å²) >= 11 is 0. The van der Waals surface area contributed by atoms with Gasteiger partial charge < -0.3 is 20.9 Å². The van der Waals surface area contributed by atoms with Crippen LogP contribution in [-0.4, -0.2) is 43.9 Å². The number of fused-ring (bicyclic) bond motifs is 1. The van der Waals surface area contributed by atoms with Crippen molar-refractivity contribution < 1.29 is 9.84 Å². The standard InChI is InChI=1S/C23H38N6O2/c1-3-4-5-6-7-8-16(2)31-22-27-20(24)21-26-15-18(29(21)28-22)19(30)17-13-23(14-17)9-11-25-12-10-23/h15-17,19,25,30H,3-14H2,1-2H3,(H2,24,27,28)/t16-,19?/m0/s1. The molecular formula is C23H38N6O2. The Kier molecular flexibility index (Phi) is 6.96. The average Bonchev–Trinajstić information content (AvgIpc) is 3.16. The molecule has 8 nitrogen and oxygen atoms in total. The van der Waals surface area contributed by atoms with Crippen molar-refractivity contribution in [3.05, 3.63) is 11.9 Å². The highest BCUT2D eigenvalue weighted by molar-refractivity contribution is 5.59. The SMILES string of the molecule is CCCCCCC[C@H](C)Oc1nc(N)c2ncc(C(O)C3CC4(CCNCC4)C3)n2n1. The highest BCUT2D eigenvalue weighted by Crippen LogP contribution is 2.55. The number of aromatic nitrogens is 4. The number of nitrogens with two attached hydrogens (primary N) is 1. The van der Waals surface area contributed by atoms with Crippen molar-refractivity contribution in [2.24, 2.45) is 11.3 Å². The molecule has 1 aliphatic heterocycles. The summed E-state index contributed by atoms with van der Waals surface area (Å²) in [6, 6.07) is 0.251. The Hall–Kier alpha value is -1.93. The molecule has 2 atom stereocenters. The van der Waals surface area contributed by atoms with Crippen LogP contribution in [0.5, 0.6) is 6.01 Å². The van der Waals surface area contributed by atoms with E-state index in [1.54, 1.807) is 10.7 Å². The summed E-state index contributed by atoms with van der Waals surface area (Å²) < 4.78 is 7.59. The molecule has 0 bridgehead atoms. The lowest BCUT2D eigenvalue weighted by Gasteiger charge is -2.51. The molecule has 1 spiro atoms. The minimum absolute atomic E-state index is 0.0155. The zero-order valence-corrected chi connectivity index (χ0v) is 19.0. The van der Waals surface area contributed by atoms with Crippen molar-refractivity contribution in [2.75, 3.05) is 18.8 Å². The molecular weight excluding hydrogens is 392 g/mol. The van der Waals surface area contributed by atoms with Crippen LogP contribution >= 0.6 is 0 Å². The van der Waals surface area contributed by atoms with Crippen molar-refractivity contribution in [3.8, 4) is 6.01 Å². The monoisotopic (exact) mass is 430 g/mol. The Morgan fingerprint density at radius 2 is 2.00 bits per heavy atom. The van der Waals surface area contributed by atoms with Crippen molar-refractivity contribution in [1.29, 1.82) is 0 Å². The maximum absolute atomic E-state index is 11.1. The number of nitrogens with zero attached hydrogens (tertiary/aromatic N) is 4. The van der Waals surface area contributed by atoms with E-state index in [9.17, 15) is 5.11 Å². The lowest BCUT2D eigenvalue weighted by atomic mass is 9.56. The van der Waals surface area contributed by atoms with Gasteiger partial charge in [0.05, 0.1) is 18.0 Å². The minimum atomic E-state index is -0.603. The number of hydrogen-bond acceptors (Lipinski definition) is 7. The number of nitrogen functional groups attached to an aromatic ring is 1. The van der Waals surface area contributed by atoms with Gasteiger partial charge in [0.15, 0.2) is 11.5 Å². The van der Waals surface area contributed by atoms with E-state index in [1.165, 1.54) is 38.5 Å². The lowest BCUT2D eigenvalue weighted by Crippen LogP contribution is -2.47. The smallest absolute Gasteiger partial charge is 0.336 e. The quantitative estimate of drug-likeness (QED) is 0.493. The van der Waals surface area contributed by atoms with Crippen LogP contribution in [-0.2, 0) is 0 Å². The molecule has 1 saturated carbocycles. The van der Waals surface area contributed by atoms with E-state index in [0.717, 1.165) is 38.8 Å². The first-order chi connectivity index (χ1) is 15.0. The van der Waals surface area contributed by atoms with Gasteiger partial charge in [-0.1, -0.05) is 32.6 Å². The Balaban J connectivity index is 1.40. The second-order valence-corrected chi connectivity index (χ2v) is 9.69. The molecule has 31 heavy (non-hydrogen) atoms. The lowest BCUT2D eigenvalue weighted by molar-refractivity contribution is -0.0535. The molecule has 2 aromatic heterocycles. The van der Waals surface area contributed by atoms with Gasteiger partial charge in [-0.15, -0.1) is 5.10 Å². The fourth-order valence-corrected chi connectivity index (χ4v) is 5.31. The Bertz CT molecular complexity index is 855. The van der Waals surface area contributed by atoms with Gasteiger partial charge in [0.2, 0.25) is 0 Å². The first-order valence-corrected chi connectivity index (χ1v) is 12.1. The molecule has 0 amide bonds. The van der Waals surface area contributed by atoms with Gasteiger partial charge in [0.25, 0.3) is 0 Å². The average molecular weight is 431 g/mol. The first-order valence-electron chi connectivity index (χ1n) is 12.1. The Labute approximate surface area is 185 Å². The van der Waals surface area contributed by atoms with Crippen molar-refractivity contribution >= 4 is 11.5 Å². The van der Waals surface area contributed by atoms with Crippen molar-refractivity contribution in [2.45, 2.75) is 90.3 Å². The fraction of sp³-hybridized carbons (Fsp3) is 0.783. The number of imidazole rings is 1. The number of aliphatic hydroxyl groups excluding tert-OH is 1. The van der Waals surface area contributed by atoms with Crippen LogP contribution < -0.4 is 15.8 Å². The van der Waals surface area contributed by atoms with Gasteiger partial charge >= 0.3 is 6.01 Å². The summed E-state index contributed by atoms with van der Waals surface area (Å²) in [7, 11) is 0. The maximum Gasteiger partial charge on any atom is 0.336 e. The molecule has 2 aliphatic rings. The third-order valence-electron chi connectivity index (χ3n) is 7.22. The second-order valence-electron chi connectivity index (χ2n) is 9.69. The van der Waals surface area contributed by atoms with Crippen molar-refractivity contribution in [3.63, 3.8) is 0 Å².